The molecule has 0 aliphatic heterocycles. The zero-order chi connectivity index (χ0) is 16.6. The van der Waals surface area contributed by atoms with Crippen molar-refractivity contribution in [3.05, 3.63) is 62.0 Å². The van der Waals surface area contributed by atoms with Crippen LogP contribution < -0.4 is 5.56 Å². The maximum atomic E-state index is 13.1. The zero-order valence-corrected chi connectivity index (χ0v) is 16.2. The van der Waals surface area contributed by atoms with Gasteiger partial charge in [-0.2, -0.15) is 0 Å². The Balaban J connectivity index is 2.36. The molecule has 0 aliphatic carbocycles. The van der Waals surface area contributed by atoms with Crippen molar-refractivity contribution in [2.24, 2.45) is 0 Å². The SMILES string of the molecule is Cc1cccc(-n2c(SC(C)C)nc3ccc(I)cc3c2=O)c1. The molecular weight excluding hydrogens is 419 g/mol. The van der Waals surface area contributed by atoms with Gasteiger partial charge in [0.1, 0.15) is 0 Å². The molecule has 0 fully saturated rings. The Hall–Kier alpha value is -1.34. The van der Waals surface area contributed by atoms with Gasteiger partial charge in [0.2, 0.25) is 0 Å². The van der Waals surface area contributed by atoms with E-state index in [1.54, 1.807) is 16.3 Å². The summed E-state index contributed by atoms with van der Waals surface area (Å²) in [5.74, 6) is 0. The van der Waals surface area contributed by atoms with E-state index in [9.17, 15) is 4.79 Å². The summed E-state index contributed by atoms with van der Waals surface area (Å²) in [5, 5.41) is 1.75. The molecule has 1 aromatic heterocycles. The smallest absolute Gasteiger partial charge is 0.266 e. The summed E-state index contributed by atoms with van der Waals surface area (Å²) in [7, 11) is 0. The normalized spacial score (nSPS) is 11.3. The number of nitrogens with zero attached hydrogens (tertiary/aromatic N) is 2. The van der Waals surface area contributed by atoms with E-state index in [2.05, 4.69) is 36.4 Å². The first kappa shape index (κ1) is 16.5. The lowest BCUT2D eigenvalue weighted by Crippen LogP contribution is -2.22. The van der Waals surface area contributed by atoms with Crippen molar-refractivity contribution in [3.8, 4) is 5.69 Å². The van der Waals surface area contributed by atoms with Crippen molar-refractivity contribution in [2.75, 3.05) is 0 Å². The Morgan fingerprint density at radius 2 is 1.96 bits per heavy atom. The van der Waals surface area contributed by atoms with Crippen LogP contribution in [0, 0.1) is 10.5 Å². The predicted octanol–water partition coefficient (Wildman–Crippen LogP) is 4.80. The fourth-order valence-electron chi connectivity index (χ4n) is 2.42. The number of benzene rings is 2. The van der Waals surface area contributed by atoms with E-state index in [-0.39, 0.29) is 5.56 Å². The monoisotopic (exact) mass is 436 g/mol. The highest BCUT2D eigenvalue weighted by Gasteiger charge is 2.15. The third-order valence-electron chi connectivity index (χ3n) is 3.40. The molecule has 0 saturated heterocycles. The van der Waals surface area contributed by atoms with Crippen molar-refractivity contribution in [3.63, 3.8) is 0 Å². The summed E-state index contributed by atoms with van der Waals surface area (Å²) in [4.78, 5) is 17.8. The van der Waals surface area contributed by atoms with Gasteiger partial charge >= 0.3 is 0 Å². The maximum absolute atomic E-state index is 13.1. The highest BCUT2D eigenvalue weighted by atomic mass is 127. The van der Waals surface area contributed by atoms with E-state index in [4.69, 9.17) is 4.98 Å². The summed E-state index contributed by atoms with van der Waals surface area (Å²) in [6, 6.07) is 13.8. The summed E-state index contributed by atoms with van der Waals surface area (Å²) in [6.45, 7) is 6.24. The molecule has 0 bridgehead atoms. The fraction of sp³-hybridized carbons (Fsp3) is 0.222. The van der Waals surface area contributed by atoms with Crippen LogP contribution in [0.2, 0.25) is 0 Å². The number of aryl methyl sites for hydroxylation is 1. The lowest BCUT2D eigenvalue weighted by molar-refractivity contribution is 0.815. The van der Waals surface area contributed by atoms with Gasteiger partial charge in [-0.05, 0) is 65.4 Å². The molecule has 0 aliphatic rings. The van der Waals surface area contributed by atoms with Crippen LogP contribution in [0.15, 0.2) is 52.4 Å². The zero-order valence-electron chi connectivity index (χ0n) is 13.2. The molecule has 3 rings (SSSR count). The van der Waals surface area contributed by atoms with E-state index in [1.165, 1.54) is 0 Å². The van der Waals surface area contributed by atoms with Gasteiger partial charge in [0, 0.05) is 8.82 Å². The average molecular weight is 436 g/mol. The standard InChI is InChI=1S/C18H17IN2OS/c1-11(2)23-18-20-16-8-7-13(19)10-15(16)17(22)21(18)14-6-4-5-12(3)9-14/h4-11H,1-3H3. The van der Waals surface area contributed by atoms with Crippen LogP contribution in [0.1, 0.15) is 19.4 Å². The van der Waals surface area contributed by atoms with Gasteiger partial charge in [0.25, 0.3) is 5.56 Å². The number of hydrogen-bond acceptors (Lipinski definition) is 3. The molecule has 0 N–H and O–H groups in total. The molecule has 0 spiro atoms. The van der Waals surface area contributed by atoms with E-state index in [0.29, 0.717) is 10.6 Å². The molecule has 0 amide bonds. The Labute approximate surface area is 153 Å². The summed E-state index contributed by atoms with van der Waals surface area (Å²) in [6.07, 6.45) is 0. The van der Waals surface area contributed by atoms with Crippen LogP contribution in [-0.2, 0) is 0 Å². The van der Waals surface area contributed by atoms with Crippen LogP contribution in [0.4, 0.5) is 0 Å². The van der Waals surface area contributed by atoms with E-state index in [1.807, 2.05) is 49.4 Å². The lowest BCUT2D eigenvalue weighted by Gasteiger charge is -2.15. The first-order valence-corrected chi connectivity index (χ1v) is 9.37. The number of hydrogen-bond donors (Lipinski definition) is 0. The van der Waals surface area contributed by atoms with Crippen molar-refractivity contribution >= 4 is 45.3 Å². The van der Waals surface area contributed by atoms with Gasteiger partial charge < -0.3 is 0 Å². The van der Waals surface area contributed by atoms with E-state index < -0.39 is 0 Å². The van der Waals surface area contributed by atoms with E-state index in [0.717, 1.165) is 25.5 Å². The molecule has 23 heavy (non-hydrogen) atoms. The third kappa shape index (κ3) is 3.45. The highest BCUT2D eigenvalue weighted by molar-refractivity contribution is 14.1. The second-order valence-corrected chi connectivity index (χ2v) is 8.49. The second kappa shape index (κ2) is 6.65. The molecule has 0 unspecified atom stereocenters. The fourth-order valence-corrected chi connectivity index (χ4v) is 3.78. The number of thioether (sulfide) groups is 1. The Kier molecular flexibility index (Phi) is 4.77. The predicted molar refractivity (Wildman–Crippen MR) is 106 cm³/mol. The largest absolute Gasteiger partial charge is 0.268 e. The Morgan fingerprint density at radius 1 is 1.17 bits per heavy atom. The number of rotatable bonds is 3. The minimum Gasteiger partial charge on any atom is -0.268 e. The molecule has 118 valence electrons. The molecule has 3 nitrogen and oxygen atoms in total. The molecule has 0 saturated carbocycles. The van der Waals surface area contributed by atoms with Crippen LogP contribution in [0.25, 0.3) is 16.6 Å². The molecule has 0 radical (unpaired) electrons. The summed E-state index contributed by atoms with van der Waals surface area (Å²) < 4.78 is 2.77. The first-order valence-electron chi connectivity index (χ1n) is 7.42. The number of halogens is 1. The maximum Gasteiger partial charge on any atom is 0.266 e. The van der Waals surface area contributed by atoms with Gasteiger partial charge in [-0.25, -0.2) is 4.98 Å². The molecular formula is C18H17IN2OS. The van der Waals surface area contributed by atoms with Crippen molar-refractivity contribution in [2.45, 2.75) is 31.2 Å². The first-order chi connectivity index (χ1) is 11.0. The van der Waals surface area contributed by atoms with Gasteiger partial charge in [-0.1, -0.05) is 37.7 Å². The highest BCUT2D eigenvalue weighted by Crippen LogP contribution is 2.25. The summed E-state index contributed by atoms with van der Waals surface area (Å²) in [5.41, 5.74) is 2.73. The molecule has 3 aromatic rings. The summed E-state index contributed by atoms with van der Waals surface area (Å²) >= 11 is 3.83. The van der Waals surface area contributed by atoms with Gasteiger partial charge in [-0.3, -0.25) is 9.36 Å². The van der Waals surface area contributed by atoms with Crippen LogP contribution in [0.5, 0.6) is 0 Å². The van der Waals surface area contributed by atoms with Gasteiger partial charge in [0.05, 0.1) is 16.6 Å². The molecule has 2 aromatic carbocycles. The number of aromatic nitrogens is 2. The van der Waals surface area contributed by atoms with Gasteiger partial charge in [-0.15, -0.1) is 0 Å². The topological polar surface area (TPSA) is 34.9 Å². The third-order valence-corrected chi connectivity index (χ3v) is 5.03. The van der Waals surface area contributed by atoms with Crippen molar-refractivity contribution in [1.82, 2.24) is 9.55 Å². The number of fused-ring (bicyclic) bond motifs is 1. The quantitative estimate of drug-likeness (QED) is 0.336. The molecule has 5 heteroatoms. The minimum atomic E-state index is -0.0118. The Morgan fingerprint density at radius 3 is 2.65 bits per heavy atom. The lowest BCUT2D eigenvalue weighted by atomic mass is 10.2. The van der Waals surface area contributed by atoms with Crippen molar-refractivity contribution < 1.29 is 0 Å². The Bertz CT molecular complexity index is 934. The molecule has 1 heterocycles. The van der Waals surface area contributed by atoms with Gasteiger partial charge in [0.15, 0.2) is 5.16 Å². The minimum absolute atomic E-state index is 0.0118. The van der Waals surface area contributed by atoms with Crippen LogP contribution >= 0.6 is 34.4 Å². The van der Waals surface area contributed by atoms with Crippen LogP contribution in [-0.4, -0.2) is 14.8 Å². The van der Waals surface area contributed by atoms with Crippen LogP contribution in [0.3, 0.4) is 0 Å². The average Bonchev–Trinajstić information content (AvgIpc) is 2.48. The molecule has 0 atom stereocenters. The second-order valence-electron chi connectivity index (χ2n) is 5.70. The van der Waals surface area contributed by atoms with E-state index >= 15 is 0 Å². The van der Waals surface area contributed by atoms with Crippen molar-refractivity contribution in [1.29, 1.82) is 0 Å².